The molecule has 1 N–H and O–H groups in total. The molecule has 1 aliphatic rings. The topological polar surface area (TPSA) is 44.8 Å². The zero-order valence-electron chi connectivity index (χ0n) is 15.2. The van der Waals surface area contributed by atoms with Crippen molar-refractivity contribution < 1.29 is 9.53 Å². The highest BCUT2D eigenvalue weighted by molar-refractivity contribution is 7.80. The molecule has 7 heteroatoms. The number of nitrogens with one attached hydrogen (secondary N) is 1. The van der Waals surface area contributed by atoms with Gasteiger partial charge in [-0.2, -0.15) is 0 Å². The number of piperazine rings is 1. The molecule has 1 fully saturated rings. The predicted octanol–water partition coefficient (Wildman–Crippen LogP) is 3.28. The summed E-state index contributed by atoms with van der Waals surface area (Å²) in [5.41, 5.74) is 1.62. The van der Waals surface area contributed by atoms with Crippen LogP contribution in [-0.4, -0.2) is 60.5 Å². The first kappa shape index (κ1) is 19.6. The highest BCUT2D eigenvalue weighted by Gasteiger charge is 2.18. The van der Waals surface area contributed by atoms with E-state index in [4.69, 9.17) is 28.6 Å². The van der Waals surface area contributed by atoms with Gasteiger partial charge in [0.15, 0.2) is 6.61 Å². The van der Waals surface area contributed by atoms with Crippen LogP contribution in [0.15, 0.2) is 48.5 Å². The van der Waals surface area contributed by atoms with Gasteiger partial charge in [-0.3, -0.25) is 4.79 Å². The molecule has 0 unspecified atom stereocenters. The number of ether oxygens (including phenoxy) is 1. The minimum atomic E-state index is -0.241. The van der Waals surface area contributed by atoms with Crippen molar-refractivity contribution in [3.63, 3.8) is 0 Å². The number of para-hydroxylation sites is 1. The van der Waals surface area contributed by atoms with E-state index in [-0.39, 0.29) is 12.5 Å². The lowest BCUT2D eigenvalue weighted by Gasteiger charge is -2.34. The molecular formula is C20H22ClN3O2S. The van der Waals surface area contributed by atoms with Crippen LogP contribution in [0.1, 0.15) is 5.56 Å². The predicted molar refractivity (Wildman–Crippen MR) is 113 cm³/mol. The van der Waals surface area contributed by atoms with E-state index in [0.29, 0.717) is 10.8 Å². The summed E-state index contributed by atoms with van der Waals surface area (Å²) >= 11 is 11.9. The number of hydrogen-bond acceptors (Lipinski definition) is 4. The van der Waals surface area contributed by atoms with E-state index < -0.39 is 0 Å². The molecule has 1 saturated heterocycles. The van der Waals surface area contributed by atoms with Crippen LogP contribution in [0, 0.1) is 0 Å². The number of carbonyl (C=O) groups excluding carboxylic acids is 1. The van der Waals surface area contributed by atoms with E-state index in [2.05, 4.69) is 22.2 Å². The maximum Gasteiger partial charge on any atom is 0.262 e. The van der Waals surface area contributed by atoms with Crippen molar-refractivity contribution in [2.45, 2.75) is 0 Å². The SMILES string of the molecule is CN1CCN(C(=S)c2ccc(OCC(=O)Nc3ccccc3)c(Cl)c2)CC1. The first-order valence-corrected chi connectivity index (χ1v) is 9.56. The van der Waals surface area contributed by atoms with Crippen molar-refractivity contribution in [1.82, 2.24) is 9.80 Å². The Labute approximate surface area is 169 Å². The second kappa shape index (κ2) is 9.17. The molecule has 142 valence electrons. The summed E-state index contributed by atoms with van der Waals surface area (Å²) in [6.45, 7) is 3.68. The molecule has 2 aromatic rings. The number of benzene rings is 2. The molecule has 0 aliphatic carbocycles. The van der Waals surface area contributed by atoms with Crippen LogP contribution in [0.25, 0.3) is 0 Å². The number of likely N-dealkylation sites (N-methyl/N-ethyl adjacent to an activating group) is 1. The van der Waals surface area contributed by atoms with Gasteiger partial charge in [-0.25, -0.2) is 0 Å². The zero-order chi connectivity index (χ0) is 19.2. The lowest BCUT2D eigenvalue weighted by molar-refractivity contribution is -0.118. The summed E-state index contributed by atoms with van der Waals surface area (Å²) in [5, 5.41) is 3.21. The molecule has 2 aromatic carbocycles. The molecule has 0 bridgehead atoms. The summed E-state index contributed by atoms with van der Waals surface area (Å²) in [6.07, 6.45) is 0. The summed E-state index contributed by atoms with van der Waals surface area (Å²) in [6, 6.07) is 14.7. The molecule has 0 radical (unpaired) electrons. The second-order valence-electron chi connectivity index (χ2n) is 6.44. The van der Waals surface area contributed by atoms with Gasteiger partial charge in [0.05, 0.1) is 5.02 Å². The summed E-state index contributed by atoms with van der Waals surface area (Å²) < 4.78 is 5.56. The van der Waals surface area contributed by atoms with Crippen LogP contribution >= 0.6 is 23.8 Å². The van der Waals surface area contributed by atoms with Crippen LogP contribution in [0.2, 0.25) is 5.02 Å². The molecule has 1 heterocycles. The first-order valence-electron chi connectivity index (χ1n) is 8.78. The van der Waals surface area contributed by atoms with E-state index in [0.717, 1.165) is 42.4 Å². The van der Waals surface area contributed by atoms with Gasteiger partial charge in [-0.1, -0.05) is 42.0 Å². The fourth-order valence-electron chi connectivity index (χ4n) is 2.80. The highest BCUT2D eigenvalue weighted by Crippen LogP contribution is 2.26. The average Bonchev–Trinajstić information content (AvgIpc) is 2.68. The number of hydrogen-bond donors (Lipinski definition) is 1. The molecule has 5 nitrogen and oxygen atoms in total. The number of rotatable bonds is 5. The van der Waals surface area contributed by atoms with Crippen LogP contribution in [0.5, 0.6) is 5.75 Å². The number of carbonyl (C=O) groups is 1. The Kier molecular flexibility index (Phi) is 6.66. The lowest BCUT2D eigenvalue weighted by atomic mass is 10.2. The van der Waals surface area contributed by atoms with Gasteiger partial charge >= 0.3 is 0 Å². The minimum Gasteiger partial charge on any atom is -0.482 e. The smallest absolute Gasteiger partial charge is 0.262 e. The van der Waals surface area contributed by atoms with Gasteiger partial charge in [0, 0.05) is 37.4 Å². The third-order valence-corrected chi connectivity index (χ3v) is 5.17. The van der Waals surface area contributed by atoms with E-state index in [9.17, 15) is 4.79 Å². The Balaban J connectivity index is 1.56. The zero-order valence-corrected chi connectivity index (χ0v) is 16.7. The van der Waals surface area contributed by atoms with Gasteiger partial charge in [-0.05, 0) is 37.4 Å². The van der Waals surface area contributed by atoms with Crippen LogP contribution < -0.4 is 10.1 Å². The van der Waals surface area contributed by atoms with Crippen LogP contribution in [0.3, 0.4) is 0 Å². The van der Waals surface area contributed by atoms with Gasteiger partial charge in [0.1, 0.15) is 10.7 Å². The van der Waals surface area contributed by atoms with Crippen molar-refractivity contribution >= 4 is 40.4 Å². The standard InChI is InChI=1S/C20H22ClN3O2S/c1-23-9-11-24(12-10-23)20(27)15-7-8-18(17(21)13-15)26-14-19(25)22-16-5-3-2-4-6-16/h2-8,13H,9-12,14H2,1H3,(H,22,25). The van der Waals surface area contributed by atoms with E-state index in [1.54, 1.807) is 12.1 Å². The Morgan fingerprint density at radius 2 is 1.85 bits per heavy atom. The Morgan fingerprint density at radius 3 is 2.52 bits per heavy atom. The normalized spacial score (nSPS) is 14.7. The lowest BCUT2D eigenvalue weighted by Crippen LogP contribution is -2.46. The van der Waals surface area contributed by atoms with Crippen molar-refractivity contribution in [3.05, 3.63) is 59.1 Å². The third-order valence-electron chi connectivity index (χ3n) is 4.39. The maximum absolute atomic E-state index is 12.0. The number of anilines is 1. The first-order chi connectivity index (χ1) is 13.0. The molecule has 0 spiro atoms. The van der Waals surface area contributed by atoms with Crippen LogP contribution in [0.4, 0.5) is 5.69 Å². The number of amides is 1. The molecular weight excluding hydrogens is 382 g/mol. The molecule has 1 aliphatic heterocycles. The van der Waals surface area contributed by atoms with Gasteiger partial charge in [0.2, 0.25) is 0 Å². The summed E-state index contributed by atoms with van der Waals surface area (Å²) in [7, 11) is 2.11. The average molecular weight is 404 g/mol. The number of thiocarbonyl (C=S) groups is 1. The fourth-order valence-corrected chi connectivity index (χ4v) is 3.35. The van der Waals surface area contributed by atoms with E-state index in [1.165, 1.54) is 0 Å². The number of nitrogens with zero attached hydrogens (tertiary/aromatic N) is 2. The van der Waals surface area contributed by atoms with Gasteiger partial charge < -0.3 is 19.9 Å². The van der Waals surface area contributed by atoms with Gasteiger partial charge in [-0.15, -0.1) is 0 Å². The molecule has 3 rings (SSSR count). The van der Waals surface area contributed by atoms with Crippen molar-refractivity contribution in [3.8, 4) is 5.75 Å². The van der Waals surface area contributed by atoms with Gasteiger partial charge in [0.25, 0.3) is 5.91 Å². The quantitative estimate of drug-likeness (QED) is 0.776. The van der Waals surface area contributed by atoms with E-state index >= 15 is 0 Å². The molecule has 27 heavy (non-hydrogen) atoms. The Hall–Kier alpha value is -2.15. The number of halogens is 1. The molecule has 0 saturated carbocycles. The second-order valence-corrected chi connectivity index (χ2v) is 7.24. The molecule has 0 aromatic heterocycles. The molecule has 1 amide bonds. The van der Waals surface area contributed by atoms with E-state index in [1.807, 2.05) is 36.4 Å². The fraction of sp³-hybridized carbons (Fsp3) is 0.300. The minimum absolute atomic E-state index is 0.114. The Bertz CT molecular complexity index is 808. The van der Waals surface area contributed by atoms with Crippen molar-refractivity contribution in [2.24, 2.45) is 0 Å². The summed E-state index contributed by atoms with van der Waals surface area (Å²) in [5.74, 6) is 0.221. The third kappa shape index (κ3) is 5.42. The van der Waals surface area contributed by atoms with Crippen molar-refractivity contribution in [1.29, 1.82) is 0 Å². The van der Waals surface area contributed by atoms with Crippen LogP contribution in [-0.2, 0) is 4.79 Å². The monoisotopic (exact) mass is 403 g/mol. The summed E-state index contributed by atoms with van der Waals surface area (Å²) in [4.78, 5) is 17.3. The molecule has 0 atom stereocenters. The van der Waals surface area contributed by atoms with Crippen molar-refractivity contribution in [2.75, 3.05) is 45.2 Å². The maximum atomic E-state index is 12.0. The largest absolute Gasteiger partial charge is 0.482 e. The highest BCUT2D eigenvalue weighted by atomic mass is 35.5. The Morgan fingerprint density at radius 1 is 1.15 bits per heavy atom.